The molecule has 1 fully saturated rings. The maximum absolute atomic E-state index is 14.0. The Morgan fingerprint density at radius 1 is 1.12 bits per heavy atom. The summed E-state index contributed by atoms with van der Waals surface area (Å²) in [6, 6.07) is 9.72. The quantitative estimate of drug-likeness (QED) is 0.292. The zero-order valence-corrected chi connectivity index (χ0v) is 22.2. The van der Waals surface area contributed by atoms with Crippen LogP contribution >= 0.6 is 0 Å². The van der Waals surface area contributed by atoms with E-state index in [2.05, 4.69) is 0 Å². The summed E-state index contributed by atoms with van der Waals surface area (Å²) in [6.45, 7) is 0.0611. The van der Waals surface area contributed by atoms with Crippen LogP contribution in [0.2, 0.25) is 0 Å². The number of hydrogen-bond acceptors (Lipinski definition) is 9. The summed E-state index contributed by atoms with van der Waals surface area (Å²) in [5.74, 6) is -6.77. The molecule has 5 rings (SSSR count). The number of phenols is 1. The third-order valence-electron chi connectivity index (χ3n) is 8.47. The zero-order chi connectivity index (χ0) is 29.1. The van der Waals surface area contributed by atoms with Gasteiger partial charge in [-0.05, 0) is 74.0 Å². The lowest BCUT2D eigenvalue weighted by Crippen LogP contribution is -2.65. The van der Waals surface area contributed by atoms with Crippen molar-refractivity contribution in [1.82, 2.24) is 4.90 Å². The molecule has 10 nitrogen and oxygen atoms in total. The molecule has 3 aliphatic rings. The van der Waals surface area contributed by atoms with Crippen LogP contribution in [0.15, 0.2) is 53.3 Å². The van der Waals surface area contributed by atoms with E-state index in [1.165, 1.54) is 11.0 Å². The lowest BCUT2D eigenvalue weighted by atomic mass is 9.57. The van der Waals surface area contributed by atoms with E-state index in [1.54, 1.807) is 20.2 Å². The molecule has 7 N–H and O–H groups in total. The lowest BCUT2D eigenvalue weighted by Gasteiger charge is -2.50. The average Bonchev–Trinajstić information content (AvgIpc) is 2.89. The molecule has 0 aromatic heterocycles. The van der Waals surface area contributed by atoms with Crippen LogP contribution in [0, 0.1) is 11.8 Å². The summed E-state index contributed by atoms with van der Waals surface area (Å²) < 4.78 is 0. The fourth-order valence-corrected chi connectivity index (χ4v) is 6.69. The van der Waals surface area contributed by atoms with Crippen molar-refractivity contribution in [2.24, 2.45) is 17.6 Å². The number of rotatable bonds is 6. The van der Waals surface area contributed by atoms with Gasteiger partial charge in [0.2, 0.25) is 5.78 Å². The van der Waals surface area contributed by atoms with Gasteiger partial charge in [0.25, 0.3) is 5.91 Å². The van der Waals surface area contributed by atoms with Crippen molar-refractivity contribution in [2.45, 2.75) is 37.3 Å². The number of hydrogen-bond donors (Lipinski definition) is 6. The number of aliphatic hydroxyl groups excluding tert-OH is 3. The second-order valence-electron chi connectivity index (χ2n) is 11.0. The van der Waals surface area contributed by atoms with E-state index < -0.39 is 58.0 Å². The molecule has 0 saturated heterocycles. The van der Waals surface area contributed by atoms with Gasteiger partial charge in [0, 0.05) is 18.1 Å². The minimum atomic E-state index is -2.67. The van der Waals surface area contributed by atoms with Gasteiger partial charge in [-0.2, -0.15) is 0 Å². The molecule has 1 saturated carbocycles. The van der Waals surface area contributed by atoms with E-state index in [1.807, 2.05) is 24.3 Å². The minimum Gasteiger partial charge on any atom is -0.508 e. The van der Waals surface area contributed by atoms with Crippen molar-refractivity contribution >= 4 is 23.2 Å². The van der Waals surface area contributed by atoms with Gasteiger partial charge >= 0.3 is 0 Å². The summed E-state index contributed by atoms with van der Waals surface area (Å²) in [7, 11) is 3.13. The number of carbonyl (C=O) groups excluding carboxylic acids is 3. The molecule has 0 heterocycles. The zero-order valence-electron chi connectivity index (χ0n) is 22.2. The normalized spacial score (nSPS) is 26.1. The molecule has 1 amide bonds. The fourth-order valence-electron chi connectivity index (χ4n) is 6.69. The van der Waals surface area contributed by atoms with E-state index in [4.69, 9.17) is 5.73 Å². The second kappa shape index (κ2) is 9.88. The standard InChI is InChI=1S/C30H32N2O8/c1-32(2)24-19-13-16-12-18-17(15-7-3-5-14(11-15)6-4-10-33)8-9-20(34)22(18)25(35)21(16)27(37)30(19,40)28(38)23(26(24)36)29(31)39/h3,5,7-9,11,16,19,24,33-35,38,40H,4,6,10,12-13H2,1-2H3,(H2,31,39)/t16-,19-,24-,30-/m0/s1. The number of phenolic OH excluding ortho intramolecular Hbond substituents is 1. The molecule has 2 aromatic carbocycles. The van der Waals surface area contributed by atoms with Crippen LogP contribution in [0.4, 0.5) is 0 Å². The van der Waals surface area contributed by atoms with E-state index in [9.17, 15) is 39.9 Å². The summed E-state index contributed by atoms with van der Waals surface area (Å²) in [6.07, 6.45) is 1.50. The van der Waals surface area contributed by atoms with Gasteiger partial charge in [0.05, 0.1) is 11.6 Å². The molecule has 0 aliphatic heterocycles. The first-order chi connectivity index (χ1) is 18.9. The number of ketones is 2. The highest BCUT2D eigenvalue weighted by Gasteiger charge is 2.64. The Balaban J connectivity index is 1.69. The smallest absolute Gasteiger partial charge is 0.255 e. The summed E-state index contributed by atoms with van der Waals surface area (Å²) >= 11 is 0. The van der Waals surface area contributed by atoms with Crippen molar-refractivity contribution in [3.8, 4) is 16.9 Å². The number of aliphatic hydroxyl groups is 4. The number of benzene rings is 2. The van der Waals surface area contributed by atoms with E-state index in [0.29, 0.717) is 18.4 Å². The number of nitrogens with zero attached hydrogens (tertiary/aromatic N) is 1. The van der Waals surface area contributed by atoms with Crippen LogP contribution in [-0.4, -0.2) is 80.3 Å². The van der Waals surface area contributed by atoms with Gasteiger partial charge in [-0.25, -0.2) is 0 Å². The first kappa shape index (κ1) is 27.6. The topological polar surface area (TPSA) is 182 Å². The number of fused-ring (bicyclic) bond motifs is 3. The highest BCUT2D eigenvalue weighted by atomic mass is 16.3. The maximum atomic E-state index is 14.0. The van der Waals surface area contributed by atoms with E-state index >= 15 is 0 Å². The number of likely N-dealkylation sites (N-methyl/N-ethyl adjacent to an activating group) is 1. The maximum Gasteiger partial charge on any atom is 0.255 e. The molecule has 210 valence electrons. The molecular weight excluding hydrogens is 516 g/mol. The Hall–Kier alpha value is -3.99. The molecule has 3 aliphatic carbocycles. The van der Waals surface area contributed by atoms with Crippen molar-refractivity contribution in [3.63, 3.8) is 0 Å². The predicted molar refractivity (Wildman–Crippen MR) is 145 cm³/mol. The molecule has 0 spiro atoms. The molecule has 10 heteroatoms. The number of nitrogens with two attached hydrogens (primary N) is 1. The molecule has 4 atom stereocenters. The Morgan fingerprint density at radius 3 is 2.50 bits per heavy atom. The first-order valence-corrected chi connectivity index (χ1v) is 13.1. The van der Waals surface area contributed by atoms with Gasteiger partial charge in [-0.1, -0.05) is 30.3 Å². The van der Waals surface area contributed by atoms with Gasteiger partial charge < -0.3 is 31.3 Å². The van der Waals surface area contributed by atoms with Crippen LogP contribution in [0.5, 0.6) is 5.75 Å². The molecular formula is C30H32N2O8. The van der Waals surface area contributed by atoms with Crippen LogP contribution in [0.25, 0.3) is 16.9 Å². The van der Waals surface area contributed by atoms with E-state index in [0.717, 1.165) is 16.7 Å². The largest absolute Gasteiger partial charge is 0.508 e. The van der Waals surface area contributed by atoms with Gasteiger partial charge in [-0.3, -0.25) is 19.3 Å². The number of carbonyl (C=O) groups is 3. The average molecular weight is 549 g/mol. The van der Waals surface area contributed by atoms with Crippen LogP contribution in [-0.2, 0) is 27.2 Å². The summed E-state index contributed by atoms with van der Waals surface area (Å²) in [5.41, 5.74) is 4.89. The fraction of sp³-hybridized carbons (Fsp3) is 0.367. The van der Waals surface area contributed by atoms with Crippen LogP contribution in [0.1, 0.15) is 29.5 Å². The Bertz CT molecular complexity index is 1510. The predicted octanol–water partition coefficient (Wildman–Crippen LogP) is 1.56. The molecule has 0 radical (unpaired) electrons. The van der Waals surface area contributed by atoms with E-state index in [-0.39, 0.29) is 36.3 Å². The summed E-state index contributed by atoms with van der Waals surface area (Å²) in [4.78, 5) is 40.8. The number of aromatic hydroxyl groups is 1. The molecule has 0 unspecified atom stereocenters. The highest BCUT2D eigenvalue weighted by Crippen LogP contribution is 2.53. The van der Waals surface area contributed by atoms with Crippen molar-refractivity contribution in [3.05, 3.63) is 70.0 Å². The van der Waals surface area contributed by atoms with Crippen molar-refractivity contribution < 1.29 is 39.9 Å². The Labute approximate surface area is 230 Å². The molecule has 2 aromatic rings. The third kappa shape index (κ3) is 3.94. The van der Waals surface area contributed by atoms with Crippen molar-refractivity contribution in [2.75, 3.05) is 20.7 Å². The highest BCUT2D eigenvalue weighted by molar-refractivity contribution is 6.24. The van der Waals surface area contributed by atoms with Crippen LogP contribution < -0.4 is 5.73 Å². The molecule has 0 bridgehead atoms. The number of Topliss-reactive ketones (excluding diaryl/α,β-unsaturated/α-hetero) is 2. The van der Waals surface area contributed by atoms with Gasteiger partial charge in [0.1, 0.15) is 22.8 Å². The van der Waals surface area contributed by atoms with Crippen LogP contribution in [0.3, 0.4) is 0 Å². The second-order valence-corrected chi connectivity index (χ2v) is 11.0. The SMILES string of the molecule is CN(C)[C@@H]1C(=O)C(C(N)=O)=C(O)[C@@]2(O)C(=O)C3=C(O)c4c(O)ccc(-c5cccc(CCCO)c5)c4C[C@H]3C[C@@H]12. The Morgan fingerprint density at radius 2 is 1.85 bits per heavy atom. The third-order valence-corrected chi connectivity index (χ3v) is 8.47. The monoisotopic (exact) mass is 548 g/mol. The van der Waals surface area contributed by atoms with Gasteiger partial charge in [-0.15, -0.1) is 0 Å². The Kier molecular flexibility index (Phi) is 6.81. The number of amides is 1. The lowest BCUT2D eigenvalue weighted by molar-refractivity contribution is -0.153. The first-order valence-electron chi connectivity index (χ1n) is 13.1. The number of primary amides is 1. The van der Waals surface area contributed by atoms with Crippen molar-refractivity contribution in [1.29, 1.82) is 0 Å². The summed E-state index contributed by atoms with van der Waals surface area (Å²) in [5, 5.41) is 54.1. The van der Waals surface area contributed by atoms with Gasteiger partial charge in [0.15, 0.2) is 11.4 Å². The molecule has 40 heavy (non-hydrogen) atoms. The number of aryl methyl sites for hydroxylation is 1. The minimum absolute atomic E-state index is 0.0252.